The lowest BCUT2D eigenvalue weighted by Gasteiger charge is -2.27. The Morgan fingerprint density at radius 3 is 2.16 bits per heavy atom. The van der Waals surface area contributed by atoms with Crippen LogP contribution < -0.4 is 5.32 Å². The molecule has 5 heterocycles. The van der Waals surface area contributed by atoms with Crippen LogP contribution in [0.1, 0.15) is 11.3 Å². The van der Waals surface area contributed by atoms with E-state index in [9.17, 15) is 0 Å². The number of aromatic nitrogens is 4. The number of halogens is 2. The first-order valence-corrected chi connectivity index (χ1v) is 12.8. The lowest BCUT2D eigenvalue weighted by atomic mass is 10.1. The van der Waals surface area contributed by atoms with Gasteiger partial charge in [-0.3, -0.25) is 14.8 Å². The van der Waals surface area contributed by atoms with Gasteiger partial charge in [0.15, 0.2) is 0 Å². The van der Waals surface area contributed by atoms with Crippen LogP contribution in [0.5, 0.6) is 0 Å². The molecule has 0 amide bonds. The molecule has 6 rings (SSSR count). The van der Waals surface area contributed by atoms with Crippen LogP contribution in [0.2, 0.25) is 0 Å². The van der Waals surface area contributed by atoms with E-state index in [1.54, 1.807) is 23.2 Å². The second-order valence-corrected chi connectivity index (χ2v) is 9.49. The lowest BCUT2D eigenvalue weighted by Crippen LogP contribution is -2.36. The van der Waals surface area contributed by atoms with Crippen molar-refractivity contribution >= 4 is 22.7 Å². The Morgan fingerprint density at radius 2 is 1.50 bits per heavy atom. The van der Waals surface area contributed by atoms with Crippen molar-refractivity contribution in [3.05, 3.63) is 71.8 Å². The van der Waals surface area contributed by atoms with Gasteiger partial charge in [0.25, 0.3) is 0 Å². The molecule has 2 aliphatic heterocycles. The molecule has 4 aromatic rings. The second kappa shape index (κ2) is 11.1. The maximum absolute atomic E-state index is 15.0. The fraction of sp³-hybridized carbons (Fsp3) is 0.370. The lowest BCUT2D eigenvalue weighted by molar-refractivity contribution is 0.0332. The molecule has 2 fully saturated rings. The average Bonchev–Trinajstić information content (AvgIpc) is 3.36. The van der Waals surface area contributed by atoms with Crippen LogP contribution in [-0.2, 0) is 22.6 Å². The van der Waals surface area contributed by atoms with E-state index in [1.807, 2.05) is 23.1 Å². The standard InChI is InChI=1S/C27H29F2N7O2/c28-24-13-22(14-25(29)23(24)18-35-7-11-38-12-8-35)36-4-3-19-15-31-27(33-26(19)36)32-20-1-2-21(30-16-20)17-34-5-9-37-10-6-34/h1-4,13-16H,5-12,17-18H2,(H,31,32,33). The number of benzene rings is 1. The fourth-order valence-corrected chi connectivity index (χ4v) is 4.76. The molecule has 2 saturated heterocycles. The van der Waals surface area contributed by atoms with Crippen LogP contribution in [0.4, 0.5) is 20.4 Å². The fourth-order valence-electron chi connectivity index (χ4n) is 4.76. The van der Waals surface area contributed by atoms with Gasteiger partial charge in [-0.25, -0.2) is 13.8 Å². The molecule has 11 heteroatoms. The minimum Gasteiger partial charge on any atom is -0.379 e. The van der Waals surface area contributed by atoms with E-state index < -0.39 is 11.6 Å². The van der Waals surface area contributed by atoms with Crippen LogP contribution in [0.3, 0.4) is 0 Å². The van der Waals surface area contributed by atoms with Crippen molar-refractivity contribution in [1.29, 1.82) is 0 Å². The molecular formula is C27H29F2N7O2. The summed E-state index contributed by atoms with van der Waals surface area (Å²) in [7, 11) is 0. The predicted molar refractivity (Wildman–Crippen MR) is 138 cm³/mol. The molecule has 0 atom stereocenters. The smallest absolute Gasteiger partial charge is 0.229 e. The number of anilines is 2. The Labute approximate surface area is 219 Å². The first-order valence-electron chi connectivity index (χ1n) is 12.8. The number of hydrogen-bond donors (Lipinski definition) is 1. The van der Waals surface area contributed by atoms with Gasteiger partial charge in [0.05, 0.1) is 49.7 Å². The van der Waals surface area contributed by atoms with Gasteiger partial charge in [-0.2, -0.15) is 4.98 Å². The Hall–Kier alpha value is -3.51. The van der Waals surface area contributed by atoms with Gasteiger partial charge in [-0.05, 0) is 30.3 Å². The topological polar surface area (TPSA) is 80.6 Å². The highest BCUT2D eigenvalue weighted by molar-refractivity contribution is 5.78. The number of hydrogen-bond acceptors (Lipinski definition) is 8. The molecule has 0 radical (unpaired) electrons. The van der Waals surface area contributed by atoms with Crippen molar-refractivity contribution in [2.45, 2.75) is 13.1 Å². The molecule has 1 N–H and O–H groups in total. The zero-order valence-electron chi connectivity index (χ0n) is 20.9. The quantitative estimate of drug-likeness (QED) is 0.396. The summed E-state index contributed by atoms with van der Waals surface area (Å²) in [5, 5.41) is 3.93. The molecule has 1 aromatic carbocycles. The number of rotatable bonds is 7. The number of morpholine rings is 2. The summed E-state index contributed by atoms with van der Waals surface area (Å²) in [6, 6.07) is 8.43. The predicted octanol–water partition coefficient (Wildman–Crippen LogP) is 3.50. The van der Waals surface area contributed by atoms with E-state index in [-0.39, 0.29) is 12.1 Å². The van der Waals surface area contributed by atoms with Crippen molar-refractivity contribution < 1.29 is 18.3 Å². The third-order valence-electron chi connectivity index (χ3n) is 6.89. The molecule has 0 spiro atoms. The first kappa shape index (κ1) is 24.8. The molecule has 38 heavy (non-hydrogen) atoms. The molecule has 2 aliphatic rings. The third kappa shape index (κ3) is 5.51. The number of nitrogens with one attached hydrogen (secondary N) is 1. The number of ether oxygens (including phenoxy) is 2. The van der Waals surface area contributed by atoms with Crippen molar-refractivity contribution in [3.63, 3.8) is 0 Å². The summed E-state index contributed by atoms with van der Waals surface area (Å²) in [5.74, 6) is -0.793. The van der Waals surface area contributed by atoms with Gasteiger partial charge in [0, 0.05) is 62.6 Å². The maximum Gasteiger partial charge on any atom is 0.229 e. The summed E-state index contributed by atoms with van der Waals surface area (Å²) in [5.41, 5.74) is 2.69. The van der Waals surface area contributed by atoms with Crippen molar-refractivity contribution in [2.75, 3.05) is 57.9 Å². The van der Waals surface area contributed by atoms with E-state index in [0.29, 0.717) is 43.6 Å². The molecule has 198 valence electrons. The highest BCUT2D eigenvalue weighted by Gasteiger charge is 2.19. The highest BCUT2D eigenvalue weighted by atomic mass is 19.1. The van der Waals surface area contributed by atoms with Crippen LogP contribution in [0.15, 0.2) is 48.9 Å². The number of pyridine rings is 1. The monoisotopic (exact) mass is 521 g/mol. The average molecular weight is 522 g/mol. The van der Waals surface area contributed by atoms with Gasteiger partial charge in [0.1, 0.15) is 17.3 Å². The van der Waals surface area contributed by atoms with Crippen LogP contribution in [0.25, 0.3) is 16.7 Å². The molecule has 9 nitrogen and oxygen atoms in total. The summed E-state index contributed by atoms with van der Waals surface area (Å²) >= 11 is 0. The minimum atomic E-state index is -0.580. The molecular weight excluding hydrogens is 492 g/mol. The van der Waals surface area contributed by atoms with E-state index >= 15 is 8.78 Å². The van der Waals surface area contributed by atoms with Gasteiger partial charge >= 0.3 is 0 Å². The highest BCUT2D eigenvalue weighted by Crippen LogP contribution is 2.25. The maximum atomic E-state index is 15.0. The van der Waals surface area contributed by atoms with Gasteiger partial charge in [-0.1, -0.05) is 0 Å². The van der Waals surface area contributed by atoms with E-state index in [0.717, 1.165) is 49.6 Å². The summed E-state index contributed by atoms with van der Waals surface area (Å²) in [4.78, 5) is 17.9. The van der Waals surface area contributed by atoms with Gasteiger partial charge in [-0.15, -0.1) is 0 Å². The van der Waals surface area contributed by atoms with Crippen molar-refractivity contribution in [1.82, 2.24) is 29.3 Å². The summed E-state index contributed by atoms with van der Waals surface area (Å²) < 4.78 is 42.5. The van der Waals surface area contributed by atoms with Gasteiger partial charge < -0.3 is 19.4 Å². The van der Waals surface area contributed by atoms with E-state index in [4.69, 9.17) is 9.47 Å². The van der Waals surface area contributed by atoms with Gasteiger partial charge in [0.2, 0.25) is 5.95 Å². The van der Waals surface area contributed by atoms with E-state index in [2.05, 4.69) is 25.2 Å². The minimum absolute atomic E-state index is 0.0636. The molecule has 0 aliphatic carbocycles. The van der Waals surface area contributed by atoms with Crippen molar-refractivity contribution in [3.8, 4) is 5.69 Å². The van der Waals surface area contributed by atoms with Crippen LogP contribution in [0, 0.1) is 11.6 Å². The zero-order chi connectivity index (χ0) is 25.9. The summed E-state index contributed by atoms with van der Waals surface area (Å²) in [6.07, 6.45) is 5.17. The van der Waals surface area contributed by atoms with Crippen LogP contribution in [-0.4, -0.2) is 81.9 Å². The normalized spacial score (nSPS) is 17.2. The SMILES string of the molecule is Fc1cc(-n2ccc3cnc(Nc4ccc(CN5CCOCC5)nc4)nc32)cc(F)c1CN1CCOCC1. The summed E-state index contributed by atoms with van der Waals surface area (Å²) in [6.45, 7) is 6.74. The molecule has 0 unspecified atom stereocenters. The number of fused-ring (bicyclic) bond motifs is 1. The Morgan fingerprint density at radius 1 is 0.816 bits per heavy atom. The largest absolute Gasteiger partial charge is 0.379 e. The Kier molecular flexibility index (Phi) is 7.23. The number of nitrogens with zero attached hydrogens (tertiary/aromatic N) is 6. The molecule has 0 saturated carbocycles. The molecule has 3 aromatic heterocycles. The molecule has 0 bridgehead atoms. The zero-order valence-corrected chi connectivity index (χ0v) is 20.9. The second-order valence-electron chi connectivity index (χ2n) is 9.49. The Balaban J connectivity index is 1.19. The van der Waals surface area contributed by atoms with Crippen LogP contribution >= 0.6 is 0 Å². The first-order chi connectivity index (χ1) is 18.6. The van der Waals surface area contributed by atoms with Crippen molar-refractivity contribution in [2.24, 2.45) is 0 Å². The van der Waals surface area contributed by atoms with E-state index in [1.165, 1.54) is 12.1 Å². The third-order valence-corrected chi connectivity index (χ3v) is 6.89. The Bertz CT molecular complexity index is 1380.